The van der Waals surface area contributed by atoms with Crippen molar-refractivity contribution in [2.24, 2.45) is 0 Å². The minimum atomic E-state index is -0.132. The lowest BCUT2D eigenvalue weighted by Gasteiger charge is -2.41. The SMILES string of the molecule is CSC1(CNC2CC(c3ccc(F)cc3)C2)CCCCC1. The van der Waals surface area contributed by atoms with Crippen molar-refractivity contribution in [3.63, 3.8) is 0 Å². The molecule has 2 fully saturated rings. The van der Waals surface area contributed by atoms with Crippen LogP contribution >= 0.6 is 11.8 Å². The van der Waals surface area contributed by atoms with E-state index in [1.165, 1.54) is 50.5 Å². The lowest BCUT2D eigenvalue weighted by Crippen LogP contribution is -2.47. The van der Waals surface area contributed by atoms with Crippen LogP contribution in [0.5, 0.6) is 0 Å². The number of halogens is 1. The fraction of sp³-hybridized carbons (Fsp3) is 0.667. The van der Waals surface area contributed by atoms with Crippen molar-refractivity contribution in [2.75, 3.05) is 12.8 Å². The first-order valence-corrected chi connectivity index (χ1v) is 9.47. The van der Waals surface area contributed by atoms with E-state index in [1.807, 2.05) is 12.1 Å². The second-order valence-corrected chi connectivity index (χ2v) is 8.02. The first kappa shape index (κ1) is 15.4. The molecular formula is C18H26FNS. The molecule has 0 aliphatic heterocycles. The van der Waals surface area contributed by atoms with Gasteiger partial charge in [-0.15, -0.1) is 0 Å². The van der Waals surface area contributed by atoms with Crippen LogP contribution in [0.4, 0.5) is 4.39 Å². The van der Waals surface area contributed by atoms with E-state index in [1.54, 1.807) is 12.1 Å². The Kier molecular flexibility index (Phi) is 4.90. The fourth-order valence-corrected chi connectivity index (χ4v) is 4.70. The van der Waals surface area contributed by atoms with Crippen molar-refractivity contribution >= 4 is 11.8 Å². The first-order valence-electron chi connectivity index (χ1n) is 8.25. The summed E-state index contributed by atoms with van der Waals surface area (Å²) in [5.41, 5.74) is 1.30. The fourth-order valence-electron chi connectivity index (χ4n) is 3.77. The van der Waals surface area contributed by atoms with Crippen LogP contribution in [0.1, 0.15) is 56.4 Å². The predicted molar refractivity (Wildman–Crippen MR) is 89.5 cm³/mol. The zero-order valence-corrected chi connectivity index (χ0v) is 13.7. The molecule has 0 unspecified atom stereocenters. The summed E-state index contributed by atoms with van der Waals surface area (Å²) in [5, 5.41) is 3.80. The Balaban J connectivity index is 1.45. The van der Waals surface area contributed by atoms with E-state index in [2.05, 4.69) is 23.3 Å². The summed E-state index contributed by atoms with van der Waals surface area (Å²) in [7, 11) is 0. The Hall–Kier alpha value is -0.540. The van der Waals surface area contributed by atoms with Crippen molar-refractivity contribution < 1.29 is 4.39 Å². The van der Waals surface area contributed by atoms with Crippen LogP contribution in [-0.2, 0) is 0 Å². The average molecular weight is 307 g/mol. The quantitative estimate of drug-likeness (QED) is 0.844. The molecule has 2 saturated carbocycles. The van der Waals surface area contributed by atoms with E-state index >= 15 is 0 Å². The summed E-state index contributed by atoms with van der Waals surface area (Å²) in [6, 6.07) is 7.72. The van der Waals surface area contributed by atoms with Gasteiger partial charge in [0.1, 0.15) is 5.82 Å². The Morgan fingerprint density at radius 3 is 2.43 bits per heavy atom. The van der Waals surface area contributed by atoms with Crippen molar-refractivity contribution in [1.82, 2.24) is 5.32 Å². The van der Waals surface area contributed by atoms with Crippen molar-refractivity contribution in [3.05, 3.63) is 35.6 Å². The predicted octanol–water partition coefficient (Wildman–Crippen LogP) is 4.73. The van der Waals surface area contributed by atoms with Gasteiger partial charge in [0, 0.05) is 17.3 Å². The maximum absolute atomic E-state index is 12.9. The van der Waals surface area contributed by atoms with Gasteiger partial charge in [0.15, 0.2) is 0 Å². The molecule has 0 atom stereocenters. The summed E-state index contributed by atoms with van der Waals surface area (Å²) in [6.07, 6.45) is 11.6. The molecule has 0 spiro atoms. The van der Waals surface area contributed by atoms with Gasteiger partial charge in [-0.05, 0) is 55.6 Å². The van der Waals surface area contributed by atoms with Crippen LogP contribution in [0.25, 0.3) is 0 Å². The van der Waals surface area contributed by atoms with Gasteiger partial charge in [0.2, 0.25) is 0 Å². The van der Waals surface area contributed by atoms with E-state index in [4.69, 9.17) is 0 Å². The van der Waals surface area contributed by atoms with Gasteiger partial charge >= 0.3 is 0 Å². The minimum Gasteiger partial charge on any atom is -0.313 e. The number of rotatable bonds is 5. The summed E-state index contributed by atoms with van der Waals surface area (Å²) >= 11 is 2.06. The molecule has 0 heterocycles. The topological polar surface area (TPSA) is 12.0 Å². The van der Waals surface area contributed by atoms with Gasteiger partial charge in [-0.2, -0.15) is 11.8 Å². The molecule has 2 aliphatic carbocycles. The van der Waals surface area contributed by atoms with Crippen LogP contribution in [-0.4, -0.2) is 23.6 Å². The van der Waals surface area contributed by atoms with Gasteiger partial charge in [-0.1, -0.05) is 31.4 Å². The average Bonchev–Trinajstić information content (AvgIpc) is 2.48. The minimum absolute atomic E-state index is 0.132. The highest BCUT2D eigenvalue weighted by Gasteiger charge is 2.35. The number of hydrogen-bond donors (Lipinski definition) is 1. The monoisotopic (exact) mass is 307 g/mol. The molecule has 1 aromatic carbocycles. The van der Waals surface area contributed by atoms with Crippen LogP contribution in [0.15, 0.2) is 24.3 Å². The van der Waals surface area contributed by atoms with E-state index in [0.29, 0.717) is 16.7 Å². The largest absolute Gasteiger partial charge is 0.313 e. The second kappa shape index (κ2) is 6.70. The van der Waals surface area contributed by atoms with Crippen molar-refractivity contribution in [2.45, 2.75) is 61.7 Å². The van der Waals surface area contributed by atoms with Crippen LogP contribution in [0.3, 0.4) is 0 Å². The molecule has 0 amide bonds. The highest BCUT2D eigenvalue weighted by atomic mass is 32.2. The van der Waals surface area contributed by atoms with E-state index < -0.39 is 0 Å². The maximum Gasteiger partial charge on any atom is 0.123 e. The summed E-state index contributed by atoms with van der Waals surface area (Å²) in [6.45, 7) is 1.16. The van der Waals surface area contributed by atoms with Gasteiger partial charge in [0.25, 0.3) is 0 Å². The number of benzene rings is 1. The molecule has 21 heavy (non-hydrogen) atoms. The summed E-state index contributed by atoms with van der Waals surface area (Å²) < 4.78 is 13.4. The lowest BCUT2D eigenvalue weighted by molar-refractivity contribution is 0.268. The molecule has 0 saturated heterocycles. The third kappa shape index (κ3) is 3.62. The van der Waals surface area contributed by atoms with Gasteiger partial charge in [0.05, 0.1) is 0 Å². The first-order chi connectivity index (χ1) is 10.2. The van der Waals surface area contributed by atoms with E-state index in [-0.39, 0.29) is 5.82 Å². The van der Waals surface area contributed by atoms with Gasteiger partial charge in [-0.3, -0.25) is 0 Å². The van der Waals surface area contributed by atoms with Crippen LogP contribution < -0.4 is 5.32 Å². The number of nitrogens with one attached hydrogen (secondary N) is 1. The molecule has 3 heteroatoms. The van der Waals surface area contributed by atoms with Gasteiger partial charge < -0.3 is 5.32 Å². The Morgan fingerprint density at radius 1 is 1.14 bits per heavy atom. The standard InChI is InChI=1S/C18H26FNS/c1-21-18(9-3-2-4-10-18)13-20-17-11-15(12-17)14-5-7-16(19)8-6-14/h5-8,15,17,20H,2-4,9-13H2,1H3. The third-order valence-electron chi connectivity index (χ3n) is 5.39. The molecule has 1 nitrogen and oxygen atoms in total. The zero-order chi connectivity index (χ0) is 14.7. The molecule has 1 N–H and O–H groups in total. The molecule has 2 aliphatic rings. The third-order valence-corrected chi connectivity index (χ3v) is 6.81. The normalized spacial score (nSPS) is 28.1. The van der Waals surface area contributed by atoms with E-state index in [9.17, 15) is 4.39 Å². The smallest absolute Gasteiger partial charge is 0.123 e. The van der Waals surface area contributed by atoms with E-state index in [0.717, 1.165) is 6.54 Å². The summed E-state index contributed by atoms with van der Waals surface area (Å²) in [5.74, 6) is 0.492. The Bertz CT molecular complexity index is 447. The summed E-state index contributed by atoms with van der Waals surface area (Å²) in [4.78, 5) is 0. The highest BCUT2D eigenvalue weighted by molar-refractivity contribution is 8.00. The molecule has 0 bridgehead atoms. The van der Waals surface area contributed by atoms with Crippen molar-refractivity contribution in [1.29, 1.82) is 0 Å². The molecule has 1 aromatic rings. The molecule has 0 aromatic heterocycles. The Labute approximate surface area is 132 Å². The van der Waals surface area contributed by atoms with Crippen molar-refractivity contribution in [3.8, 4) is 0 Å². The highest BCUT2D eigenvalue weighted by Crippen LogP contribution is 2.40. The Morgan fingerprint density at radius 2 is 1.81 bits per heavy atom. The van der Waals surface area contributed by atoms with Crippen LogP contribution in [0, 0.1) is 5.82 Å². The molecule has 116 valence electrons. The molecular weight excluding hydrogens is 281 g/mol. The van der Waals surface area contributed by atoms with Crippen LogP contribution in [0.2, 0.25) is 0 Å². The molecule has 0 radical (unpaired) electrons. The lowest BCUT2D eigenvalue weighted by atomic mass is 9.75. The maximum atomic E-state index is 12.9. The zero-order valence-electron chi connectivity index (χ0n) is 12.9. The number of hydrogen-bond acceptors (Lipinski definition) is 2. The second-order valence-electron chi connectivity index (χ2n) is 6.75. The molecule has 3 rings (SSSR count). The number of thioether (sulfide) groups is 1. The van der Waals surface area contributed by atoms with Gasteiger partial charge in [-0.25, -0.2) is 4.39 Å².